The Balaban J connectivity index is 2.08. The van der Waals surface area contributed by atoms with Crippen molar-refractivity contribution in [2.75, 3.05) is 19.5 Å². The summed E-state index contributed by atoms with van der Waals surface area (Å²) in [5.41, 5.74) is 2.93. The number of pyridine rings is 2. The first-order valence-corrected chi connectivity index (χ1v) is 6.40. The smallest absolute Gasteiger partial charge is 0.135 e. The summed E-state index contributed by atoms with van der Waals surface area (Å²) < 4.78 is 5.17. The molecule has 0 atom stereocenters. The molecule has 0 amide bonds. The molecule has 0 spiro atoms. The number of anilines is 1. The van der Waals surface area contributed by atoms with E-state index < -0.39 is 0 Å². The fourth-order valence-electron chi connectivity index (χ4n) is 2.18. The van der Waals surface area contributed by atoms with E-state index >= 15 is 0 Å². The molecule has 0 aliphatic heterocycles. The van der Waals surface area contributed by atoms with E-state index in [4.69, 9.17) is 4.74 Å². The molecule has 1 N–H and O–H groups in total. The number of hydrogen-bond donors (Lipinski definition) is 1. The molecule has 0 unspecified atom stereocenters. The number of fused-ring (bicyclic) bond motifs is 1. The monoisotopic (exact) mass is 265 g/mol. The first kappa shape index (κ1) is 12.4. The molecule has 0 bridgehead atoms. The Morgan fingerprint density at radius 1 is 1.00 bits per heavy atom. The lowest BCUT2D eigenvalue weighted by Crippen LogP contribution is -1.94. The number of nitrogens with one attached hydrogen (secondary N) is 1. The van der Waals surface area contributed by atoms with Gasteiger partial charge >= 0.3 is 0 Å². The van der Waals surface area contributed by atoms with E-state index in [0.29, 0.717) is 0 Å². The van der Waals surface area contributed by atoms with E-state index in [2.05, 4.69) is 15.3 Å². The van der Waals surface area contributed by atoms with Gasteiger partial charge in [-0.25, -0.2) is 9.97 Å². The highest BCUT2D eigenvalue weighted by atomic mass is 16.5. The highest BCUT2D eigenvalue weighted by molar-refractivity contribution is 5.90. The van der Waals surface area contributed by atoms with Gasteiger partial charge in [-0.3, -0.25) is 0 Å². The third-order valence-electron chi connectivity index (χ3n) is 3.24. The number of aromatic nitrogens is 2. The molecule has 4 nitrogen and oxygen atoms in total. The molecule has 0 radical (unpaired) electrons. The van der Waals surface area contributed by atoms with Crippen LogP contribution in [0.1, 0.15) is 0 Å². The number of nitrogens with zero attached hydrogens (tertiary/aromatic N) is 2. The quantitative estimate of drug-likeness (QED) is 0.789. The molecular formula is C16H15N3O. The third-order valence-corrected chi connectivity index (χ3v) is 3.24. The molecule has 3 aromatic rings. The molecule has 0 aliphatic carbocycles. The van der Waals surface area contributed by atoms with Gasteiger partial charge in [-0.1, -0.05) is 0 Å². The largest absolute Gasteiger partial charge is 0.497 e. The van der Waals surface area contributed by atoms with E-state index in [1.54, 1.807) is 13.3 Å². The zero-order chi connectivity index (χ0) is 13.9. The van der Waals surface area contributed by atoms with Crippen molar-refractivity contribution >= 4 is 16.7 Å². The second kappa shape index (κ2) is 5.17. The van der Waals surface area contributed by atoms with Crippen LogP contribution in [0.4, 0.5) is 5.82 Å². The lowest BCUT2D eigenvalue weighted by atomic mass is 10.1. The Labute approximate surface area is 117 Å². The van der Waals surface area contributed by atoms with Crippen LogP contribution in [-0.2, 0) is 0 Å². The fraction of sp³-hybridized carbons (Fsp3) is 0.125. The Kier molecular flexibility index (Phi) is 3.21. The summed E-state index contributed by atoms with van der Waals surface area (Å²) in [5, 5.41) is 4.10. The van der Waals surface area contributed by atoms with E-state index in [-0.39, 0.29) is 0 Å². The topological polar surface area (TPSA) is 47.0 Å². The lowest BCUT2D eigenvalue weighted by Gasteiger charge is -2.07. The molecule has 2 aromatic heterocycles. The predicted octanol–water partition coefficient (Wildman–Crippen LogP) is 3.35. The maximum Gasteiger partial charge on any atom is 0.135 e. The lowest BCUT2D eigenvalue weighted by molar-refractivity contribution is 0.415. The average Bonchev–Trinajstić information content (AvgIpc) is 2.53. The Bertz CT molecular complexity index is 738. The van der Waals surface area contributed by atoms with Crippen LogP contribution < -0.4 is 10.1 Å². The summed E-state index contributed by atoms with van der Waals surface area (Å²) in [7, 11) is 3.52. The molecule has 0 aliphatic rings. The Morgan fingerprint density at radius 2 is 1.80 bits per heavy atom. The van der Waals surface area contributed by atoms with Crippen molar-refractivity contribution in [1.82, 2.24) is 9.97 Å². The molecule has 0 saturated heterocycles. The zero-order valence-electron chi connectivity index (χ0n) is 11.4. The van der Waals surface area contributed by atoms with E-state index in [9.17, 15) is 0 Å². The molecular weight excluding hydrogens is 250 g/mol. The summed E-state index contributed by atoms with van der Waals surface area (Å²) in [6.45, 7) is 0. The number of benzene rings is 1. The SMILES string of the molecule is CNc1nccc2nc(-c3ccc(OC)cc3)ccc12. The number of methoxy groups -OCH3 is 1. The minimum absolute atomic E-state index is 0.844. The minimum Gasteiger partial charge on any atom is -0.497 e. The fourth-order valence-corrected chi connectivity index (χ4v) is 2.18. The van der Waals surface area contributed by atoms with E-state index in [1.165, 1.54) is 0 Å². The van der Waals surface area contributed by atoms with Crippen molar-refractivity contribution in [3.05, 3.63) is 48.7 Å². The predicted molar refractivity (Wildman–Crippen MR) is 81.1 cm³/mol. The second-order valence-electron chi connectivity index (χ2n) is 4.40. The molecule has 100 valence electrons. The van der Waals surface area contributed by atoms with Crippen molar-refractivity contribution < 1.29 is 4.74 Å². The number of hydrogen-bond acceptors (Lipinski definition) is 4. The summed E-state index contributed by atoms with van der Waals surface area (Å²) in [4.78, 5) is 8.97. The molecule has 3 rings (SSSR count). The Morgan fingerprint density at radius 3 is 2.50 bits per heavy atom. The van der Waals surface area contributed by atoms with Crippen LogP contribution in [0.15, 0.2) is 48.7 Å². The number of ether oxygens (including phenoxy) is 1. The van der Waals surface area contributed by atoms with Crippen LogP contribution in [0.2, 0.25) is 0 Å². The highest BCUT2D eigenvalue weighted by Crippen LogP contribution is 2.25. The van der Waals surface area contributed by atoms with Crippen molar-refractivity contribution in [3.8, 4) is 17.0 Å². The van der Waals surface area contributed by atoms with Gasteiger partial charge in [0.1, 0.15) is 11.6 Å². The van der Waals surface area contributed by atoms with Gasteiger partial charge in [0.2, 0.25) is 0 Å². The van der Waals surface area contributed by atoms with Gasteiger partial charge in [-0.05, 0) is 42.5 Å². The second-order valence-corrected chi connectivity index (χ2v) is 4.40. The molecule has 0 fully saturated rings. The third kappa shape index (κ3) is 2.16. The summed E-state index contributed by atoms with van der Waals surface area (Å²) in [5.74, 6) is 1.69. The number of rotatable bonds is 3. The first-order valence-electron chi connectivity index (χ1n) is 6.40. The standard InChI is InChI=1S/C16H15N3O/c1-17-16-13-7-8-14(19-15(13)9-10-18-16)11-3-5-12(20-2)6-4-11/h3-10H,1-2H3,(H,17,18). The maximum absolute atomic E-state index is 5.17. The van der Waals surface area contributed by atoms with Gasteiger partial charge in [-0.2, -0.15) is 0 Å². The van der Waals surface area contributed by atoms with Crippen LogP contribution in [0.5, 0.6) is 5.75 Å². The van der Waals surface area contributed by atoms with Crippen molar-refractivity contribution in [2.24, 2.45) is 0 Å². The van der Waals surface area contributed by atoms with Crippen molar-refractivity contribution in [1.29, 1.82) is 0 Å². The van der Waals surface area contributed by atoms with Crippen LogP contribution in [-0.4, -0.2) is 24.1 Å². The van der Waals surface area contributed by atoms with Crippen molar-refractivity contribution in [3.63, 3.8) is 0 Å². The Hall–Kier alpha value is -2.62. The van der Waals surface area contributed by atoms with Crippen molar-refractivity contribution in [2.45, 2.75) is 0 Å². The molecule has 2 heterocycles. The van der Waals surface area contributed by atoms with Crippen LogP contribution in [0.3, 0.4) is 0 Å². The van der Waals surface area contributed by atoms with E-state index in [0.717, 1.165) is 33.7 Å². The van der Waals surface area contributed by atoms with Crippen LogP contribution in [0.25, 0.3) is 22.2 Å². The maximum atomic E-state index is 5.17. The molecule has 4 heteroatoms. The van der Waals surface area contributed by atoms with Crippen LogP contribution >= 0.6 is 0 Å². The van der Waals surface area contributed by atoms with E-state index in [1.807, 2.05) is 49.5 Å². The summed E-state index contributed by atoms with van der Waals surface area (Å²) in [6.07, 6.45) is 1.76. The van der Waals surface area contributed by atoms with Gasteiger partial charge in [0.15, 0.2) is 0 Å². The minimum atomic E-state index is 0.844. The zero-order valence-corrected chi connectivity index (χ0v) is 11.4. The van der Waals surface area contributed by atoms with Crippen LogP contribution in [0, 0.1) is 0 Å². The van der Waals surface area contributed by atoms with Gasteiger partial charge in [0.25, 0.3) is 0 Å². The first-order chi connectivity index (χ1) is 9.81. The van der Waals surface area contributed by atoms with Gasteiger partial charge < -0.3 is 10.1 Å². The molecule has 20 heavy (non-hydrogen) atoms. The van der Waals surface area contributed by atoms with Gasteiger partial charge in [0, 0.05) is 24.2 Å². The normalized spacial score (nSPS) is 10.5. The van der Waals surface area contributed by atoms with Gasteiger partial charge in [-0.15, -0.1) is 0 Å². The molecule has 0 saturated carbocycles. The highest BCUT2D eigenvalue weighted by Gasteiger charge is 2.05. The molecule has 1 aromatic carbocycles. The summed E-state index contributed by atoms with van der Waals surface area (Å²) in [6, 6.07) is 13.9. The van der Waals surface area contributed by atoms with Gasteiger partial charge in [0.05, 0.1) is 18.3 Å². The summed E-state index contributed by atoms with van der Waals surface area (Å²) >= 11 is 0. The average molecular weight is 265 g/mol.